The van der Waals surface area contributed by atoms with Crippen molar-refractivity contribution in [3.63, 3.8) is 0 Å². The largest absolute Gasteiger partial charge is 1.00 e. The van der Waals surface area contributed by atoms with Gasteiger partial charge in [0.2, 0.25) is 0 Å². The minimum atomic E-state index is -4.15. The standard InChI is InChI=1S/C14H14N2O4S4.K.H/c1-2-15-9-5-3-4-6-10(9)22-13(15)11-12(17)16(14(21)23-11)7-8-24(18,19)20;;/h3-6H,2,7-8H2,1H3,(H,18,19,20);;/q;+1;-1. The Bertz CT molecular complexity index is 862. The second-order valence-electron chi connectivity index (χ2n) is 5.06. The third kappa shape index (κ3) is 4.70. The van der Waals surface area contributed by atoms with Gasteiger partial charge in [-0.2, -0.15) is 8.42 Å². The maximum atomic E-state index is 12.7. The van der Waals surface area contributed by atoms with Crippen LogP contribution in [0.3, 0.4) is 0 Å². The maximum Gasteiger partial charge on any atom is 1.00 e. The smallest absolute Gasteiger partial charge is 1.00 e. The molecule has 1 N–H and O–H groups in total. The van der Waals surface area contributed by atoms with Crippen LogP contribution in [0, 0.1) is 0 Å². The zero-order chi connectivity index (χ0) is 17.5. The molecule has 1 aromatic rings. The van der Waals surface area contributed by atoms with Crippen molar-refractivity contribution in [3.8, 4) is 0 Å². The van der Waals surface area contributed by atoms with Crippen molar-refractivity contribution in [1.29, 1.82) is 0 Å². The minimum absolute atomic E-state index is 0. The third-order valence-corrected chi connectivity index (χ3v) is 6.99. The Kier molecular flexibility index (Phi) is 7.62. The number of thioether (sulfide) groups is 2. The van der Waals surface area contributed by atoms with Crippen molar-refractivity contribution in [2.75, 3.05) is 23.7 Å². The van der Waals surface area contributed by atoms with Gasteiger partial charge in [0.05, 0.1) is 11.4 Å². The molecule has 1 aromatic carbocycles. The molecule has 2 aliphatic heterocycles. The van der Waals surface area contributed by atoms with Crippen LogP contribution in [0.25, 0.3) is 0 Å². The van der Waals surface area contributed by atoms with Crippen LogP contribution in [0.15, 0.2) is 39.1 Å². The zero-order valence-electron chi connectivity index (χ0n) is 14.6. The molecule has 1 fully saturated rings. The number of carbonyl (C=O) groups is 1. The fourth-order valence-corrected chi connectivity index (χ4v) is 5.54. The number of amides is 1. The molecule has 0 bridgehead atoms. The molecular weight excluding hydrogens is 428 g/mol. The molecule has 2 aliphatic rings. The first-order chi connectivity index (χ1) is 11.3. The van der Waals surface area contributed by atoms with Gasteiger partial charge in [-0.05, 0) is 19.1 Å². The van der Waals surface area contributed by atoms with E-state index in [4.69, 9.17) is 16.8 Å². The maximum absolute atomic E-state index is 12.7. The summed E-state index contributed by atoms with van der Waals surface area (Å²) in [4.78, 5) is 17.5. The zero-order valence-corrected chi connectivity index (χ0v) is 20.0. The van der Waals surface area contributed by atoms with Gasteiger partial charge < -0.3 is 6.33 Å². The number of benzene rings is 1. The molecule has 0 atom stereocenters. The number of hydrogen-bond donors (Lipinski definition) is 1. The van der Waals surface area contributed by atoms with Crippen molar-refractivity contribution < 1.29 is 70.6 Å². The number of rotatable bonds is 4. The summed E-state index contributed by atoms with van der Waals surface area (Å²) in [5.41, 5.74) is 1.04. The number of fused-ring (bicyclic) bond motifs is 1. The van der Waals surface area contributed by atoms with Gasteiger partial charge in [-0.15, -0.1) is 0 Å². The van der Waals surface area contributed by atoms with Crippen LogP contribution in [0.5, 0.6) is 0 Å². The number of anilines is 1. The molecule has 3 rings (SSSR count). The van der Waals surface area contributed by atoms with Gasteiger partial charge in [0.1, 0.15) is 14.3 Å². The summed E-state index contributed by atoms with van der Waals surface area (Å²) in [5, 5.41) is 0.811. The molecule has 25 heavy (non-hydrogen) atoms. The van der Waals surface area contributed by atoms with Crippen LogP contribution < -0.4 is 56.3 Å². The van der Waals surface area contributed by atoms with Crippen LogP contribution >= 0.6 is 35.7 Å². The van der Waals surface area contributed by atoms with E-state index in [1.165, 1.54) is 28.4 Å². The molecule has 1 amide bonds. The van der Waals surface area contributed by atoms with Crippen LogP contribution in [0.4, 0.5) is 5.69 Å². The third-order valence-electron chi connectivity index (χ3n) is 3.54. The second kappa shape index (κ2) is 8.72. The quantitative estimate of drug-likeness (QED) is 0.294. The fourth-order valence-electron chi connectivity index (χ4n) is 2.44. The van der Waals surface area contributed by atoms with E-state index in [-0.39, 0.29) is 65.3 Å². The van der Waals surface area contributed by atoms with Gasteiger partial charge >= 0.3 is 51.4 Å². The van der Waals surface area contributed by atoms with E-state index < -0.39 is 15.9 Å². The Morgan fingerprint density at radius 1 is 1.24 bits per heavy atom. The molecule has 0 unspecified atom stereocenters. The summed E-state index contributed by atoms with van der Waals surface area (Å²) < 4.78 is 31.0. The van der Waals surface area contributed by atoms with E-state index >= 15 is 0 Å². The first kappa shape index (κ1) is 21.9. The van der Waals surface area contributed by atoms with Crippen molar-refractivity contribution in [1.82, 2.24) is 4.90 Å². The molecular formula is C14H15KN2O4S4. The SMILES string of the molecule is CCN1C(=C2SC(=S)N(CCS(=O)(=O)O)C2=O)Sc2ccccc21.[H-].[K+]. The number of carbonyl (C=O) groups excluding carboxylic acids is 1. The molecule has 1 saturated heterocycles. The van der Waals surface area contributed by atoms with E-state index in [1.807, 2.05) is 31.2 Å². The van der Waals surface area contributed by atoms with Gasteiger partial charge in [-0.1, -0.05) is 47.9 Å². The number of hydrogen-bond acceptors (Lipinski definition) is 7. The Balaban J connectivity index is 0.00000169. The first-order valence-corrected chi connectivity index (χ1v) is 10.7. The average molecular weight is 443 g/mol. The van der Waals surface area contributed by atoms with Crippen molar-refractivity contribution in [3.05, 3.63) is 34.2 Å². The Labute approximate surface area is 204 Å². The summed E-state index contributed by atoms with van der Waals surface area (Å²) in [6.07, 6.45) is 0. The van der Waals surface area contributed by atoms with Gasteiger partial charge in [0.15, 0.2) is 0 Å². The first-order valence-electron chi connectivity index (χ1n) is 7.09. The predicted molar refractivity (Wildman–Crippen MR) is 102 cm³/mol. The molecule has 130 valence electrons. The van der Waals surface area contributed by atoms with Crippen LogP contribution in [0.2, 0.25) is 0 Å². The summed E-state index contributed by atoms with van der Waals surface area (Å²) in [6.45, 7) is 2.56. The Morgan fingerprint density at radius 2 is 1.92 bits per heavy atom. The van der Waals surface area contributed by atoms with Crippen LogP contribution in [0.1, 0.15) is 8.35 Å². The molecule has 2 heterocycles. The number of thiocarbonyl (C=S) groups is 1. The van der Waals surface area contributed by atoms with Gasteiger partial charge in [-0.25, -0.2) is 0 Å². The van der Waals surface area contributed by atoms with E-state index in [0.29, 0.717) is 15.8 Å². The van der Waals surface area contributed by atoms with E-state index in [9.17, 15) is 13.2 Å². The minimum Gasteiger partial charge on any atom is -1.00 e. The van der Waals surface area contributed by atoms with E-state index in [1.54, 1.807) is 0 Å². The van der Waals surface area contributed by atoms with E-state index in [2.05, 4.69) is 4.90 Å². The molecule has 11 heteroatoms. The van der Waals surface area contributed by atoms with Gasteiger partial charge in [-0.3, -0.25) is 14.2 Å². The molecule has 0 spiro atoms. The normalized spacial score (nSPS) is 20.1. The Hall–Kier alpha value is 0.566. The summed E-state index contributed by atoms with van der Waals surface area (Å²) in [5.74, 6) is -0.852. The van der Waals surface area contributed by atoms with Crippen molar-refractivity contribution in [2.45, 2.75) is 11.8 Å². The summed E-state index contributed by atoms with van der Waals surface area (Å²) in [7, 11) is -4.15. The summed E-state index contributed by atoms with van der Waals surface area (Å²) >= 11 is 7.88. The molecule has 0 saturated carbocycles. The number of para-hydroxylation sites is 1. The molecule has 0 aromatic heterocycles. The summed E-state index contributed by atoms with van der Waals surface area (Å²) in [6, 6.07) is 7.88. The van der Waals surface area contributed by atoms with Crippen molar-refractivity contribution >= 4 is 61.8 Å². The van der Waals surface area contributed by atoms with Crippen LogP contribution in [-0.2, 0) is 14.9 Å². The monoisotopic (exact) mass is 442 g/mol. The topological polar surface area (TPSA) is 77.9 Å². The Morgan fingerprint density at radius 3 is 2.56 bits per heavy atom. The molecule has 0 aliphatic carbocycles. The van der Waals surface area contributed by atoms with Crippen LogP contribution in [-0.4, -0.2) is 46.9 Å². The van der Waals surface area contributed by atoms with Crippen molar-refractivity contribution in [2.24, 2.45) is 0 Å². The molecule has 0 radical (unpaired) electrons. The molecule has 6 nitrogen and oxygen atoms in total. The predicted octanol–water partition coefficient (Wildman–Crippen LogP) is -0.348. The fraction of sp³-hybridized carbons (Fsp3) is 0.286. The second-order valence-corrected chi connectivity index (χ2v) is 9.31. The number of nitrogens with zero attached hydrogens (tertiary/aromatic N) is 2. The van der Waals surface area contributed by atoms with E-state index in [0.717, 1.165) is 15.6 Å². The average Bonchev–Trinajstić information content (AvgIpc) is 3.02. The van der Waals surface area contributed by atoms with Gasteiger partial charge in [0, 0.05) is 18.0 Å². The van der Waals surface area contributed by atoms with Gasteiger partial charge in [0.25, 0.3) is 16.0 Å².